The SMILES string of the molecule is [2H]C([2H])([2H])C[C@H]1C(O)C2C3CC[C@H]([C@H](C)CCC(=O)O)[C@@]3(C)CCC2[C@@]2(C)CC[C@@H](O)C[C@@H]12. The Morgan fingerprint density at radius 3 is 2.47 bits per heavy atom. The lowest BCUT2D eigenvalue weighted by Gasteiger charge is -2.64. The van der Waals surface area contributed by atoms with E-state index in [9.17, 15) is 20.1 Å². The molecular weight excluding hydrogens is 376 g/mol. The number of aliphatic hydroxyl groups is 2. The van der Waals surface area contributed by atoms with E-state index in [2.05, 4.69) is 20.8 Å². The molecule has 0 aliphatic heterocycles. The van der Waals surface area contributed by atoms with E-state index in [1.54, 1.807) is 0 Å². The van der Waals surface area contributed by atoms with Gasteiger partial charge < -0.3 is 15.3 Å². The monoisotopic (exact) mass is 423 g/mol. The highest BCUT2D eigenvalue weighted by Gasteiger charge is 2.64. The predicted octanol–water partition coefficient (Wildman–Crippen LogP) is 5.11. The second-order valence-electron chi connectivity index (χ2n) is 11.8. The van der Waals surface area contributed by atoms with Crippen molar-refractivity contribution in [3.05, 3.63) is 0 Å². The lowest BCUT2D eigenvalue weighted by Crippen LogP contribution is -2.62. The lowest BCUT2D eigenvalue weighted by atomic mass is 9.41. The summed E-state index contributed by atoms with van der Waals surface area (Å²) in [5, 5.41) is 31.5. The number of rotatable bonds is 5. The van der Waals surface area contributed by atoms with Crippen LogP contribution in [0.1, 0.15) is 95.9 Å². The van der Waals surface area contributed by atoms with Gasteiger partial charge in [0, 0.05) is 10.5 Å². The summed E-state index contributed by atoms with van der Waals surface area (Å²) < 4.78 is 23.9. The number of carbonyl (C=O) groups is 1. The molecule has 4 unspecified atom stereocenters. The van der Waals surface area contributed by atoms with Crippen LogP contribution in [0.5, 0.6) is 0 Å². The maximum absolute atomic E-state index is 11.8. The lowest BCUT2D eigenvalue weighted by molar-refractivity contribution is -0.203. The van der Waals surface area contributed by atoms with Gasteiger partial charge in [0.05, 0.1) is 12.2 Å². The number of hydrogen-bond acceptors (Lipinski definition) is 3. The van der Waals surface area contributed by atoms with E-state index in [-0.39, 0.29) is 41.4 Å². The second-order valence-corrected chi connectivity index (χ2v) is 11.8. The quantitative estimate of drug-likeness (QED) is 0.574. The molecule has 0 aromatic rings. The van der Waals surface area contributed by atoms with Gasteiger partial charge >= 0.3 is 5.97 Å². The Hall–Kier alpha value is -0.610. The van der Waals surface area contributed by atoms with Crippen LogP contribution in [0.3, 0.4) is 0 Å². The van der Waals surface area contributed by atoms with Gasteiger partial charge in [0.15, 0.2) is 0 Å². The molecule has 30 heavy (non-hydrogen) atoms. The molecule has 0 radical (unpaired) electrons. The van der Waals surface area contributed by atoms with E-state index in [1.165, 1.54) is 0 Å². The molecule has 0 bridgehead atoms. The summed E-state index contributed by atoms with van der Waals surface area (Å²) in [7, 11) is 0. The van der Waals surface area contributed by atoms with Gasteiger partial charge in [0.1, 0.15) is 0 Å². The molecule has 0 aromatic heterocycles. The molecule has 0 spiro atoms. The minimum absolute atomic E-state index is 0.0201. The van der Waals surface area contributed by atoms with Crippen molar-refractivity contribution in [1.82, 2.24) is 0 Å². The van der Waals surface area contributed by atoms with E-state index in [0.29, 0.717) is 36.5 Å². The zero-order chi connectivity index (χ0) is 24.3. The van der Waals surface area contributed by atoms with E-state index in [0.717, 1.165) is 38.5 Å². The van der Waals surface area contributed by atoms with E-state index >= 15 is 0 Å². The largest absolute Gasteiger partial charge is 0.481 e. The third-order valence-electron chi connectivity index (χ3n) is 10.7. The first-order valence-corrected chi connectivity index (χ1v) is 12.4. The molecule has 4 aliphatic carbocycles. The van der Waals surface area contributed by atoms with Crippen LogP contribution in [-0.4, -0.2) is 33.5 Å². The summed E-state index contributed by atoms with van der Waals surface area (Å²) >= 11 is 0. The van der Waals surface area contributed by atoms with Crippen LogP contribution in [0.4, 0.5) is 0 Å². The Labute approximate surface area is 187 Å². The van der Waals surface area contributed by atoms with Gasteiger partial charge in [-0.3, -0.25) is 4.79 Å². The van der Waals surface area contributed by atoms with Crippen LogP contribution in [0, 0.1) is 52.3 Å². The van der Waals surface area contributed by atoms with Gasteiger partial charge in [0.25, 0.3) is 0 Å². The minimum Gasteiger partial charge on any atom is -0.481 e. The summed E-state index contributed by atoms with van der Waals surface area (Å²) in [4.78, 5) is 11.2. The molecule has 4 heteroatoms. The van der Waals surface area contributed by atoms with E-state index in [4.69, 9.17) is 4.11 Å². The number of aliphatic carboxylic acids is 1. The van der Waals surface area contributed by atoms with Crippen molar-refractivity contribution >= 4 is 5.97 Å². The summed E-state index contributed by atoms with van der Waals surface area (Å²) in [5.74, 6) is 0.618. The fourth-order valence-electron chi connectivity index (χ4n) is 9.22. The fraction of sp³-hybridized carbons (Fsp3) is 0.962. The highest BCUT2D eigenvalue weighted by atomic mass is 16.4. The number of hydrogen-bond donors (Lipinski definition) is 3. The Kier molecular flexibility index (Phi) is 5.08. The molecule has 4 fully saturated rings. The predicted molar refractivity (Wildman–Crippen MR) is 118 cm³/mol. The number of carboxylic acid groups (broad SMARTS) is 1. The molecule has 4 nitrogen and oxygen atoms in total. The van der Waals surface area contributed by atoms with Crippen molar-refractivity contribution < 1.29 is 24.2 Å². The Balaban J connectivity index is 1.65. The molecule has 11 atom stereocenters. The van der Waals surface area contributed by atoms with Crippen LogP contribution >= 0.6 is 0 Å². The van der Waals surface area contributed by atoms with Crippen LogP contribution in [-0.2, 0) is 4.79 Å². The van der Waals surface area contributed by atoms with Crippen LogP contribution in [0.15, 0.2) is 0 Å². The summed E-state index contributed by atoms with van der Waals surface area (Å²) in [6, 6.07) is 0. The molecule has 0 aromatic carbocycles. The number of fused-ring (bicyclic) bond motifs is 5. The molecule has 4 rings (SSSR count). The number of carboxylic acids is 1. The van der Waals surface area contributed by atoms with Gasteiger partial charge in [-0.05, 0) is 104 Å². The third kappa shape index (κ3) is 3.36. The van der Waals surface area contributed by atoms with Crippen LogP contribution in [0.2, 0.25) is 0 Å². The highest BCUT2D eigenvalue weighted by Crippen LogP contribution is 2.69. The maximum atomic E-state index is 11.8. The van der Waals surface area contributed by atoms with E-state index < -0.39 is 25.0 Å². The second kappa shape index (κ2) is 8.06. The van der Waals surface area contributed by atoms with Crippen molar-refractivity contribution in [3.63, 3.8) is 0 Å². The van der Waals surface area contributed by atoms with Gasteiger partial charge in [-0.1, -0.05) is 34.0 Å². The minimum atomic E-state index is -2.09. The van der Waals surface area contributed by atoms with Gasteiger partial charge in [-0.2, -0.15) is 0 Å². The molecule has 0 heterocycles. The van der Waals surface area contributed by atoms with Crippen molar-refractivity contribution in [2.75, 3.05) is 0 Å². The summed E-state index contributed by atoms with van der Waals surface area (Å²) in [6.07, 6.45) is 6.41. The van der Waals surface area contributed by atoms with Gasteiger partial charge in [-0.15, -0.1) is 0 Å². The smallest absolute Gasteiger partial charge is 0.303 e. The molecule has 4 aliphatic rings. The Bertz CT molecular complexity index is 742. The van der Waals surface area contributed by atoms with Crippen molar-refractivity contribution in [1.29, 1.82) is 0 Å². The van der Waals surface area contributed by atoms with Gasteiger partial charge in [0.2, 0.25) is 0 Å². The molecular formula is C26H44O4. The standard InChI is InChI=1S/C26H44O4/c1-5-17-21-14-16(27)10-12-26(21,4)20-11-13-25(3)18(15(2)6-9-22(28)29)7-8-19(25)23(20)24(17)30/h15-21,23-24,27,30H,5-14H2,1-4H3,(H,28,29)/t15-,16-,17-,18-,19?,20?,21+,23?,24?,25-,26-/m1/s1/i1D3. The molecule has 172 valence electrons. The topological polar surface area (TPSA) is 77.8 Å². The summed E-state index contributed by atoms with van der Waals surface area (Å²) in [5.41, 5.74) is 0.0371. The average molecular weight is 424 g/mol. The molecule has 3 N–H and O–H groups in total. The van der Waals surface area contributed by atoms with Crippen LogP contribution < -0.4 is 0 Å². The maximum Gasteiger partial charge on any atom is 0.303 e. The van der Waals surface area contributed by atoms with Crippen molar-refractivity contribution in [2.45, 2.75) is 104 Å². The zero-order valence-corrected chi connectivity index (χ0v) is 19.0. The first-order valence-electron chi connectivity index (χ1n) is 13.9. The number of aliphatic hydroxyl groups excluding tert-OH is 2. The van der Waals surface area contributed by atoms with E-state index in [1.807, 2.05) is 0 Å². The first-order chi connectivity index (χ1) is 15.3. The molecule has 0 saturated heterocycles. The molecule has 4 saturated carbocycles. The molecule has 0 amide bonds. The van der Waals surface area contributed by atoms with Gasteiger partial charge in [-0.25, -0.2) is 0 Å². The summed E-state index contributed by atoms with van der Waals surface area (Å²) in [6.45, 7) is 4.79. The van der Waals surface area contributed by atoms with Crippen LogP contribution in [0.25, 0.3) is 0 Å². The normalized spacial score (nSPS) is 53.4. The first kappa shape index (κ1) is 18.9. The Morgan fingerprint density at radius 2 is 1.77 bits per heavy atom. The average Bonchev–Trinajstić information content (AvgIpc) is 3.06. The van der Waals surface area contributed by atoms with Crippen molar-refractivity contribution in [3.8, 4) is 0 Å². The highest BCUT2D eigenvalue weighted by molar-refractivity contribution is 5.66. The third-order valence-corrected chi connectivity index (χ3v) is 10.7. The fourth-order valence-corrected chi connectivity index (χ4v) is 9.22. The van der Waals surface area contributed by atoms with Crippen molar-refractivity contribution in [2.24, 2.45) is 52.3 Å². The Morgan fingerprint density at radius 1 is 1.07 bits per heavy atom. The zero-order valence-electron chi connectivity index (χ0n) is 22.0.